The van der Waals surface area contributed by atoms with Crippen LogP contribution in [0.1, 0.15) is 50.4 Å². The number of fused-ring (bicyclic) bond motifs is 2. The van der Waals surface area contributed by atoms with Crippen LogP contribution < -0.4 is 10.2 Å². The maximum absolute atomic E-state index is 13.7. The normalized spacial score (nSPS) is 31.6. The molecule has 5 rings (SSSR count). The molecule has 4 aliphatic rings. The number of sulfonamides is 1. The largest absolute Gasteiger partial charge is 0.379 e. The molecule has 0 aromatic heterocycles. The van der Waals surface area contributed by atoms with Crippen LogP contribution >= 0.6 is 0 Å². The number of carbonyl (C=O) groups excluding carboxylic acids is 1. The van der Waals surface area contributed by atoms with Crippen molar-refractivity contribution in [3.63, 3.8) is 0 Å². The van der Waals surface area contributed by atoms with Crippen molar-refractivity contribution in [3.05, 3.63) is 23.8 Å². The van der Waals surface area contributed by atoms with Crippen LogP contribution in [0, 0.1) is 16.7 Å². The maximum Gasteiger partial charge on any atom is 0.251 e. The van der Waals surface area contributed by atoms with Gasteiger partial charge in [-0.25, -0.2) is 8.42 Å². The highest BCUT2D eigenvalue weighted by atomic mass is 32.2. The van der Waals surface area contributed by atoms with Crippen LogP contribution in [0.15, 0.2) is 23.1 Å². The fourth-order valence-corrected chi connectivity index (χ4v) is 8.38. The predicted octanol–water partition coefficient (Wildman–Crippen LogP) is 2.49. The molecule has 3 atom stereocenters. The van der Waals surface area contributed by atoms with Crippen LogP contribution in [-0.2, 0) is 19.5 Å². The molecular weight excluding hydrogens is 454 g/mol. The molecule has 2 aliphatic carbocycles. The van der Waals surface area contributed by atoms with E-state index in [0.29, 0.717) is 69.8 Å². The van der Waals surface area contributed by atoms with Crippen molar-refractivity contribution < 1.29 is 22.7 Å². The number of amides is 1. The lowest BCUT2D eigenvalue weighted by Crippen LogP contribution is -2.52. The van der Waals surface area contributed by atoms with Crippen molar-refractivity contribution in [1.82, 2.24) is 9.62 Å². The van der Waals surface area contributed by atoms with Gasteiger partial charge in [0.1, 0.15) is 4.90 Å². The minimum Gasteiger partial charge on any atom is -0.379 e. The van der Waals surface area contributed by atoms with Crippen molar-refractivity contribution in [2.75, 3.05) is 57.5 Å². The third kappa shape index (κ3) is 4.04. The molecule has 2 unspecified atom stereocenters. The van der Waals surface area contributed by atoms with Crippen molar-refractivity contribution in [1.29, 1.82) is 0 Å². The molecule has 2 aliphatic heterocycles. The van der Waals surface area contributed by atoms with Gasteiger partial charge >= 0.3 is 0 Å². The van der Waals surface area contributed by atoms with Gasteiger partial charge in [0.25, 0.3) is 5.91 Å². The molecule has 34 heavy (non-hydrogen) atoms. The molecule has 188 valence electrons. The van der Waals surface area contributed by atoms with Gasteiger partial charge in [0.2, 0.25) is 10.0 Å². The summed E-state index contributed by atoms with van der Waals surface area (Å²) in [6.45, 7) is 10.5. The van der Waals surface area contributed by atoms with E-state index in [4.69, 9.17) is 9.47 Å². The second-order valence-corrected chi connectivity index (χ2v) is 13.0. The van der Waals surface area contributed by atoms with Crippen LogP contribution in [0.2, 0.25) is 0 Å². The minimum absolute atomic E-state index is 0.0269. The number of morpholine rings is 2. The van der Waals surface area contributed by atoms with Crippen LogP contribution in [0.4, 0.5) is 5.69 Å². The zero-order chi connectivity index (χ0) is 24.1. The number of anilines is 1. The third-order valence-electron chi connectivity index (χ3n) is 8.71. The average Bonchev–Trinajstić information content (AvgIpc) is 3.33. The summed E-state index contributed by atoms with van der Waals surface area (Å²) in [5.74, 6) is 0.419. The van der Waals surface area contributed by atoms with Crippen LogP contribution in [-0.4, -0.2) is 77.3 Å². The van der Waals surface area contributed by atoms with E-state index in [0.717, 1.165) is 12.8 Å². The zero-order valence-corrected chi connectivity index (χ0v) is 21.3. The Kier molecular flexibility index (Phi) is 6.19. The highest BCUT2D eigenvalue weighted by molar-refractivity contribution is 7.89. The van der Waals surface area contributed by atoms with Gasteiger partial charge in [-0.1, -0.05) is 20.8 Å². The highest BCUT2D eigenvalue weighted by Crippen LogP contribution is 2.62. The first-order valence-corrected chi connectivity index (χ1v) is 13.9. The van der Waals surface area contributed by atoms with Gasteiger partial charge in [0, 0.05) is 37.8 Å². The summed E-state index contributed by atoms with van der Waals surface area (Å²) in [6, 6.07) is 5.21. The van der Waals surface area contributed by atoms with Crippen molar-refractivity contribution in [2.24, 2.45) is 16.7 Å². The predicted molar refractivity (Wildman–Crippen MR) is 130 cm³/mol. The van der Waals surface area contributed by atoms with E-state index < -0.39 is 10.0 Å². The first kappa shape index (κ1) is 24.0. The Balaban J connectivity index is 1.47. The number of rotatable bonds is 5. The van der Waals surface area contributed by atoms with Gasteiger partial charge in [0.15, 0.2) is 0 Å². The number of ether oxygens (including phenoxy) is 2. The first-order valence-electron chi connectivity index (χ1n) is 12.5. The molecule has 2 heterocycles. The molecular formula is C25H37N3O5S. The summed E-state index contributed by atoms with van der Waals surface area (Å²) in [6.07, 6.45) is 3.47. The Bertz CT molecular complexity index is 1040. The first-order chi connectivity index (χ1) is 16.1. The monoisotopic (exact) mass is 491 g/mol. The van der Waals surface area contributed by atoms with E-state index in [1.165, 1.54) is 10.7 Å². The molecule has 0 radical (unpaired) electrons. The fourth-order valence-electron chi connectivity index (χ4n) is 6.73. The molecule has 8 nitrogen and oxygen atoms in total. The van der Waals surface area contributed by atoms with E-state index in [2.05, 4.69) is 26.1 Å². The number of benzene rings is 1. The SMILES string of the molecule is CC12CC[C@H](C1)C(C)(C)C2NC(=O)c1ccc(N2CCOCC2)c(S(=O)(=O)N2CCOCC2)c1. The fraction of sp³-hybridized carbons (Fsp3) is 0.720. The van der Waals surface area contributed by atoms with Gasteiger partial charge in [-0.15, -0.1) is 0 Å². The summed E-state index contributed by atoms with van der Waals surface area (Å²) >= 11 is 0. The van der Waals surface area contributed by atoms with Gasteiger partial charge < -0.3 is 19.7 Å². The zero-order valence-electron chi connectivity index (χ0n) is 20.5. The molecule has 9 heteroatoms. The number of nitrogens with one attached hydrogen (secondary N) is 1. The number of carbonyl (C=O) groups is 1. The Morgan fingerprint density at radius 2 is 1.68 bits per heavy atom. The molecule has 1 aromatic carbocycles. The molecule has 1 aromatic rings. The standard InChI is InChI=1S/C25H37N3O5S/c1-24(2)19-6-7-25(3,17-19)23(24)26-22(29)18-4-5-20(27-8-12-32-13-9-27)21(16-18)34(30,31)28-10-14-33-15-11-28/h4-5,16,19,23H,6-15,17H2,1-3H3,(H,26,29)/t19-,23?,25?/m1/s1. The molecule has 2 saturated heterocycles. The molecule has 1 N–H and O–H groups in total. The second-order valence-electron chi connectivity index (χ2n) is 11.1. The molecule has 4 fully saturated rings. The number of hydrogen-bond acceptors (Lipinski definition) is 6. The summed E-state index contributed by atoms with van der Waals surface area (Å²) < 4.78 is 39.7. The van der Waals surface area contributed by atoms with E-state index >= 15 is 0 Å². The van der Waals surface area contributed by atoms with Crippen molar-refractivity contribution in [2.45, 2.75) is 51.0 Å². The Labute approximate surface area is 203 Å². The van der Waals surface area contributed by atoms with Crippen molar-refractivity contribution >= 4 is 21.6 Å². The van der Waals surface area contributed by atoms with Gasteiger partial charge in [0.05, 0.1) is 32.1 Å². The van der Waals surface area contributed by atoms with Crippen LogP contribution in [0.25, 0.3) is 0 Å². The molecule has 0 spiro atoms. The molecule has 1 amide bonds. The lowest BCUT2D eigenvalue weighted by atomic mass is 9.68. The van der Waals surface area contributed by atoms with E-state index in [-0.39, 0.29) is 27.7 Å². The number of hydrogen-bond donors (Lipinski definition) is 1. The average molecular weight is 492 g/mol. The summed E-state index contributed by atoms with van der Waals surface area (Å²) in [4.78, 5) is 15.7. The lowest BCUT2D eigenvalue weighted by Gasteiger charge is -2.43. The van der Waals surface area contributed by atoms with Crippen molar-refractivity contribution in [3.8, 4) is 0 Å². The topological polar surface area (TPSA) is 88.2 Å². The Morgan fingerprint density at radius 3 is 2.29 bits per heavy atom. The third-order valence-corrected chi connectivity index (χ3v) is 10.6. The number of nitrogens with zero attached hydrogens (tertiary/aromatic N) is 2. The highest BCUT2D eigenvalue weighted by Gasteiger charge is 2.59. The Hall–Kier alpha value is -1.68. The molecule has 2 saturated carbocycles. The quantitative estimate of drug-likeness (QED) is 0.681. The second kappa shape index (κ2) is 8.76. The molecule has 2 bridgehead atoms. The van der Waals surface area contributed by atoms with Gasteiger partial charge in [-0.05, 0) is 54.2 Å². The van der Waals surface area contributed by atoms with E-state index in [9.17, 15) is 13.2 Å². The van der Waals surface area contributed by atoms with Gasteiger partial charge in [-0.2, -0.15) is 4.31 Å². The summed E-state index contributed by atoms with van der Waals surface area (Å²) in [5.41, 5.74) is 1.16. The van der Waals surface area contributed by atoms with E-state index in [1.54, 1.807) is 18.2 Å². The van der Waals surface area contributed by atoms with E-state index in [1.807, 2.05) is 4.90 Å². The summed E-state index contributed by atoms with van der Waals surface area (Å²) in [7, 11) is -3.78. The smallest absolute Gasteiger partial charge is 0.251 e. The Morgan fingerprint density at radius 1 is 1.03 bits per heavy atom. The van der Waals surface area contributed by atoms with Crippen LogP contribution in [0.5, 0.6) is 0 Å². The summed E-state index contributed by atoms with van der Waals surface area (Å²) in [5, 5.41) is 3.31. The maximum atomic E-state index is 13.7. The lowest BCUT2D eigenvalue weighted by molar-refractivity contribution is 0.0728. The van der Waals surface area contributed by atoms with Gasteiger partial charge in [-0.3, -0.25) is 4.79 Å². The van der Waals surface area contributed by atoms with Crippen LogP contribution in [0.3, 0.4) is 0 Å². The minimum atomic E-state index is -3.78.